The maximum atomic E-state index is 11.8. The molecule has 1 aliphatic heterocycles. The predicted molar refractivity (Wildman–Crippen MR) is 70.2 cm³/mol. The molecule has 2 rings (SSSR count). The molecule has 0 amide bonds. The van der Waals surface area contributed by atoms with Gasteiger partial charge in [-0.15, -0.1) is 0 Å². The van der Waals surface area contributed by atoms with Crippen molar-refractivity contribution in [1.82, 2.24) is 0 Å². The van der Waals surface area contributed by atoms with Gasteiger partial charge in [0, 0.05) is 17.2 Å². The SMILES string of the molecule is O=C(COCC1CCCCO1)c1ccc(Cl)cc1. The summed E-state index contributed by atoms with van der Waals surface area (Å²) < 4.78 is 10.9. The minimum absolute atomic E-state index is 0.0255. The van der Waals surface area contributed by atoms with E-state index in [4.69, 9.17) is 21.1 Å². The van der Waals surface area contributed by atoms with Crippen LogP contribution < -0.4 is 0 Å². The molecule has 1 fully saturated rings. The molecule has 1 unspecified atom stereocenters. The summed E-state index contributed by atoms with van der Waals surface area (Å²) in [5.74, 6) is -0.0255. The number of hydrogen-bond acceptors (Lipinski definition) is 3. The lowest BCUT2D eigenvalue weighted by atomic mass is 10.1. The minimum atomic E-state index is -0.0255. The van der Waals surface area contributed by atoms with Crippen molar-refractivity contribution in [2.75, 3.05) is 19.8 Å². The summed E-state index contributed by atoms with van der Waals surface area (Å²) in [7, 11) is 0. The summed E-state index contributed by atoms with van der Waals surface area (Å²) in [4.78, 5) is 11.8. The van der Waals surface area contributed by atoms with E-state index in [2.05, 4.69) is 0 Å². The summed E-state index contributed by atoms with van der Waals surface area (Å²) in [6, 6.07) is 6.84. The van der Waals surface area contributed by atoms with Crippen LogP contribution in [0.1, 0.15) is 29.6 Å². The van der Waals surface area contributed by atoms with E-state index in [9.17, 15) is 4.79 Å². The summed E-state index contributed by atoms with van der Waals surface area (Å²) in [6.07, 6.45) is 3.48. The molecule has 1 aromatic carbocycles. The second kappa shape index (κ2) is 6.88. The number of rotatable bonds is 5. The molecule has 98 valence electrons. The van der Waals surface area contributed by atoms with Gasteiger partial charge in [0.25, 0.3) is 0 Å². The van der Waals surface area contributed by atoms with Crippen LogP contribution in [0.4, 0.5) is 0 Å². The van der Waals surface area contributed by atoms with Gasteiger partial charge < -0.3 is 9.47 Å². The molecule has 0 aliphatic carbocycles. The zero-order valence-electron chi connectivity index (χ0n) is 10.2. The molecule has 0 spiro atoms. The number of Topliss-reactive ketones (excluding diaryl/α,β-unsaturated/α-hetero) is 1. The lowest BCUT2D eigenvalue weighted by Crippen LogP contribution is -2.25. The van der Waals surface area contributed by atoms with Crippen molar-refractivity contribution in [3.63, 3.8) is 0 Å². The van der Waals surface area contributed by atoms with Crippen molar-refractivity contribution in [2.24, 2.45) is 0 Å². The van der Waals surface area contributed by atoms with Gasteiger partial charge in [0.05, 0.1) is 12.7 Å². The molecule has 1 aliphatic rings. The topological polar surface area (TPSA) is 35.5 Å². The number of ether oxygens (including phenoxy) is 2. The first-order valence-electron chi connectivity index (χ1n) is 6.24. The number of carbonyl (C=O) groups is 1. The molecule has 0 radical (unpaired) electrons. The Balaban J connectivity index is 1.72. The highest BCUT2D eigenvalue weighted by Crippen LogP contribution is 2.13. The van der Waals surface area contributed by atoms with Crippen molar-refractivity contribution in [1.29, 1.82) is 0 Å². The van der Waals surface area contributed by atoms with Gasteiger partial charge in [-0.2, -0.15) is 0 Å². The van der Waals surface area contributed by atoms with Gasteiger partial charge in [0.2, 0.25) is 0 Å². The average Bonchev–Trinajstić information content (AvgIpc) is 2.40. The molecule has 0 saturated carbocycles. The zero-order valence-corrected chi connectivity index (χ0v) is 11.0. The van der Waals surface area contributed by atoms with Crippen molar-refractivity contribution < 1.29 is 14.3 Å². The zero-order chi connectivity index (χ0) is 12.8. The monoisotopic (exact) mass is 268 g/mol. The Labute approximate surface area is 112 Å². The summed E-state index contributed by atoms with van der Waals surface area (Å²) in [5, 5.41) is 0.628. The van der Waals surface area contributed by atoms with Gasteiger partial charge in [0.1, 0.15) is 6.61 Å². The van der Waals surface area contributed by atoms with E-state index in [1.807, 2.05) is 0 Å². The van der Waals surface area contributed by atoms with Crippen LogP contribution in [0.15, 0.2) is 24.3 Å². The van der Waals surface area contributed by atoms with E-state index in [0.29, 0.717) is 17.2 Å². The Morgan fingerprint density at radius 3 is 2.78 bits per heavy atom. The summed E-state index contributed by atoms with van der Waals surface area (Å²) in [6.45, 7) is 1.40. The number of benzene rings is 1. The number of carbonyl (C=O) groups excluding carboxylic acids is 1. The van der Waals surface area contributed by atoms with Crippen molar-refractivity contribution in [2.45, 2.75) is 25.4 Å². The second-order valence-corrected chi connectivity index (χ2v) is 4.87. The first-order chi connectivity index (χ1) is 8.75. The molecule has 1 saturated heterocycles. The molecule has 1 atom stereocenters. The van der Waals surface area contributed by atoms with Gasteiger partial charge in [-0.05, 0) is 43.5 Å². The van der Waals surface area contributed by atoms with E-state index in [-0.39, 0.29) is 18.5 Å². The van der Waals surface area contributed by atoms with Crippen LogP contribution in [-0.2, 0) is 9.47 Å². The van der Waals surface area contributed by atoms with Crippen LogP contribution in [0.25, 0.3) is 0 Å². The molecule has 0 aromatic heterocycles. The van der Waals surface area contributed by atoms with Gasteiger partial charge in [0.15, 0.2) is 5.78 Å². The number of halogens is 1. The molecule has 0 N–H and O–H groups in total. The highest BCUT2D eigenvalue weighted by molar-refractivity contribution is 6.30. The van der Waals surface area contributed by atoms with Crippen LogP contribution >= 0.6 is 11.6 Å². The van der Waals surface area contributed by atoms with Gasteiger partial charge in [-0.25, -0.2) is 0 Å². The normalized spacial score (nSPS) is 19.7. The van der Waals surface area contributed by atoms with Crippen LogP contribution in [0.3, 0.4) is 0 Å². The first-order valence-corrected chi connectivity index (χ1v) is 6.61. The Morgan fingerprint density at radius 2 is 2.11 bits per heavy atom. The molecule has 1 aromatic rings. The predicted octanol–water partition coefficient (Wildman–Crippen LogP) is 3.11. The van der Waals surface area contributed by atoms with Gasteiger partial charge in [-0.3, -0.25) is 4.79 Å². The quantitative estimate of drug-likeness (QED) is 0.770. The Morgan fingerprint density at radius 1 is 1.33 bits per heavy atom. The van der Waals surface area contributed by atoms with E-state index in [1.165, 1.54) is 6.42 Å². The molecule has 4 heteroatoms. The third-order valence-corrected chi connectivity index (χ3v) is 3.23. The van der Waals surface area contributed by atoms with Crippen LogP contribution in [0.2, 0.25) is 5.02 Å². The molecular weight excluding hydrogens is 252 g/mol. The Bertz CT molecular complexity index is 383. The minimum Gasteiger partial charge on any atom is -0.376 e. The summed E-state index contributed by atoms with van der Waals surface area (Å²) in [5.41, 5.74) is 0.629. The van der Waals surface area contributed by atoms with Crippen LogP contribution in [0, 0.1) is 0 Å². The largest absolute Gasteiger partial charge is 0.376 e. The Kier molecular flexibility index (Phi) is 5.17. The molecule has 3 nitrogen and oxygen atoms in total. The highest BCUT2D eigenvalue weighted by Gasteiger charge is 2.14. The highest BCUT2D eigenvalue weighted by atomic mass is 35.5. The molecule has 0 bridgehead atoms. The van der Waals surface area contributed by atoms with E-state index >= 15 is 0 Å². The molecular formula is C14H17ClO3. The molecule has 1 heterocycles. The van der Waals surface area contributed by atoms with E-state index < -0.39 is 0 Å². The fourth-order valence-corrected chi connectivity index (χ4v) is 2.07. The molecule has 18 heavy (non-hydrogen) atoms. The van der Waals surface area contributed by atoms with Crippen LogP contribution in [-0.4, -0.2) is 31.7 Å². The fraction of sp³-hybridized carbons (Fsp3) is 0.500. The summed E-state index contributed by atoms with van der Waals surface area (Å²) >= 11 is 5.76. The first kappa shape index (κ1) is 13.5. The van der Waals surface area contributed by atoms with E-state index in [0.717, 1.165) is 19.4 Å². The third-order valence-electron chi connectivity index (χ3n) is 2.98. The van der Waals surface area contributed by atoms with Gasteiger partial charge in [-0.1, -0.05) is 11.6 Å². The fourth-order valence-electron chi connectivity index (χ4n) is 1.94. The van der Waals surface area contributed by atoms with Crippen molar-refractivity contribution in [3.05, 3.63) is 34.9 Å². The lowest BCUT2D eigenvalue weighted by Gasteiger charge is -2.22. The lowest BCUT2D eigenvalue weighted by molar-refractivity contribution is -0.0370. The van der Waals surface area contributed by atoms with E-state index in [1.54, 1.807) is 24.3 Å². The van der Waals surface area contributed by atoms with Crippen LogP contribution in [0.5, 0.6) is 0 Å². The van der Waals surface area contributed by atoms with Gasteiger partial charge >= 0.3 is 0 Å². The standard InChI is InChI=1S/C14H17ClO3/c15-12-6-4-11(5-7-12)14(16)10-17-9-13-3-1-2-8-18-13/h4-7,13H,1-3,8-10H2. The van der Waals surface area contributed by atoms with Crippen molar-refractivity contribution in [3.8, 4) is 0 Å². The smallest absolute Gasteiger partial charge is 0.188 e. The maximum Gasteiger partial charge on any atom is 0.188 e. The second-order valence-electron chi connectivity index (χ2n) is 4.43. The average molecular weight is 269 g/mol. The maximum absolute atomic E-state index is 11.8. The Hall–Kier alpha value is -0.900. The third kappa shape index (κ3) is 4.09. The number of hydrogen-bond donors (Lipinski definition) is 0. The van der Waals surface area contributed by atoms with Crippen molar-refractivity contribution >= 4 is 17.4 Å². The number of ketones is 1.